The molecule has 1 aromatic rings. The van der Waals surface area contributed by atoms with Gasteiger partial charge in [0, 0.05) is 32.1 Å². The zero-order chi connectivity index (χ0) is 9.52. The van der Waals surface area contributed by atoms with Crippen LogP contribution in [0.4, 0.5) is 0 Å². The Bertz CT molecular complexity index is 226. The molecule has 1 rings (SSSR count). The van der Waals surface area contributed by atoms with E-state index in [0.29, 0.717) is 0 Å². The highest BCUT2D eigenvalue weighted by Gasteiger charge is 1.98. The topological polar surface area (TPSA) is 36.4 Å². The smallest absolute Gasteiger partial charge is 0.0443 e. The summed E-state index contributed by atoms with van der Waals surface area (Å²) in [5.74, 6) is 0. The second-order valence-electron chi connectivity index (χ2n) is 3.18. The number of aliphatic hydroxyl groups excluding tert-OH is 1. The van der Waals surface area contributed by atoms with Crippen molar-refractivity contribution in [1.29, 1.82) is 0 Å². The molecule has 0 spiro atoms. The summed E-state index contributed by atoms with van der Waals surface area (Å²) in [5.41, 5.74) is 1.21. The Morgan fingerprint density at radius 3 is 3.00 bits per heavy atom. The van der Waals surface area contributed by atoms with Crippen LogP contribution in [0.15, 0.2) is 24.5 Å². The van der Waals surface area contributed by atoms with Gasteiger partial charge in [0.25, 0.3) is 0 Å². The first-order valence-electron chi connectivity index (χ1n) is 4.51. The minimum Gasteiger partial charge on any atom is -0.396 e. The number of aliphatic hydroxyl groups is 1. The standard InChI is InChI=1S/C10H16N2O/c1-12(6-3-7-13)9-10-4-2-5-11-8-10/h2,4-5,8,13H,3,6-7,9H2,1H3. The van der Waals surface area contributed by atoms with E-state index in [9.17, 15) is 0 Å². The first-order valence-corrected chi connectivity index (χ1v) is 4.51. The molecule has 0 amide bonds. The SMILES string of the molecule is CN(CCCO)Cc1cccnc1. The van der Waals surface area contributed by atoms with Gasteiger partial charge >= 0.3 is 0 Å². The molecule has 0 bridgehead atoms. The first-order chi connectivity index (χ1) is 6.33. The van der Waals surface area contributed by atoms with E-state index in [0.717, 1.165) is 19.5 Å². The normalized spacial score (nSPS) is 10.7. The van der Waals surface area contributed by atoms with Gasteiger partial charge in [-0.05, 0) is 25.1 Å². The predicted molar refractivity (Wildman–Crippen MR) is 52.3 cm³/mol. The lowest BCUT2D eigenvalue weighted by Gasteiger charge is -2.15. The molecule has 0 aliphatic rings. The third kappa shape index (κ3) is 4.01. The van der Waals surface area contributed by atoms with E-state index in [1.807, 2.05) is 19.3 Å². The lowest BCUT2D eigenvalue weighted by atomic mass is 10.2. The summed E-state index contributed by atoms with van der Waals surface area (Å²) in [5, 5.41) is 8.64. The average Bonchev–Trinajstić information content (AvgIpc) is 2.16. The van der Waals surface area contributed by atoms with Crippen LogP contribution in [0.1, 0.15) is 12.0 Å². The van der Waals surface area contributed by atoms with Gasteiger partial charge < -0.3 is 10.0 Å². The molecule has 0 atom stereocenters. The lowest BCUT2D eigenvalue weighted by molar-refractivity contribution is 0.244. The van der Waals surface area contributed by atoms with E-state index in [-0.39, 0.29) is 6.61 Å². The maximum absolute atomic E-state index is 8.64. The van der Waals surface area contributed by atoms with E-state index in [4.69, 9.17) is 5.11 Å². The van der Waals surface area contributed by atoms with Gasteiger partial charge in [-0.3, -0.25) is 4.98 Å². The quantitative estimate of drug-likeness (QED) is 0.731. The molecule has 1 heterocycles. The molecule has 0 aromatic carbocycles. The molecule has 72 valence electrons. The van der Waals surface area contributed by atoms with Gasteiger partial charge in [0.15, 0.2) is 0 Å². The minimum absolute atomic E-state index is 0.261. The highest BCUT2D eigenvalue weighted by molar-refractivity contribution is 5.07. The van der Waals surface area contributed by atoms with Crippen molar-refractivity contribution in [2.24, 2.45) is 0 Å². The minimum atomic E-state index is 0.261. The monoisotopic (exact) mass is 180 g/mol. The number of hydrogen-bond acceptors (Lipinski definition) is 3. The van der Waals surface area contributed by atoms with Gasteiger partial charge in [0.05, 0.1) is 0 Å². The Morgan fingerprint density at radius 1 is 1.54 bits per heavy atom. The fraction of sp³-hybridized carbons (Fsp3) is 0.500. The summed E-state index contributed by atoms with van der Waals surface area (Å²) in [6.45, 7) is 2.08. The molecule has 1 N–H and O–H groups in total. The van der Waals surface area contributed by atoms with E-state index >= 15 is 0 Å². The second kappa shape index (κ2) is 5.67. The summed E-state index contributed by atoms with van der Waals surface area (Å²) < 4.78 is 0. The Balaban J connectivity index is 2.32. The van der Waals surface area contributed by atoms with Gasteiger partial charge in [0.2, 0.25) is 0 Å². The van der Waals surface area contributed by atoms with E-state index < -0.39 is 0 Å². The number of aromatic nitrogens is 1. The second-order valence-corrected chi connectivity index (χ2v) is 3.18. The van der Waals surface area contributed by atoms with Crippen molar-refractivity contribution < 1.29 is 5.11 Å². The van der Waals surface area contributed by atoms with Crippen molar-refractivity contribution in [1.82, 2.24) is 9.88 Å². The van der Waals surface area contributed by atoms with E-state index in [1.165, 1.54) is 5.56 Å². The van der Waals surface area contributed by atoms with Crippen LogP contribution in [0.5, 0.6) is 0 Å². The van der Waals surface area contributed by atoms with E-state index in [2.05, 4.69) is 16.0 Å². The zero-order valence-corrected chi connectivity index (χ0v) is 7.98. The number of rotatable bonds is 5. The van der Waals surface area contributed by atoms with Crippen LogP contribution in [-0.4, -0.2) is 35.2 Å². The zero-order valence-electron chi connectivity index (χ0n) is 7.98. The lowest BCUT2D eigenvalue weighted by Crippen LogP contribution is -2.19. The van der Waals surface area contributed by atoms with Gasteiger partial charge in [-0.1, -0.05) is 6.07 Å². The van der Waals surface area contributed by atoms with Crippen LogP contribution in [0.3, 0.4) is 0 Å². The molecule has 0 aliphatic carbocycles. The molecule has 0 unspecified atom stereocenters. The van der Waals surface area contributed by atoms with Crippen LogP contribution in [0.25, 0.3) is 0 Å². The predicted octanol–water partition coefficient (Wildman–Crippen LogP) is 0.896. The molecule has 3 nitrogen and oxygen atoms in total. The van der Waals surface area contributed by atoms with Crippen LogP contribution in [0, 0.1) is 0 Å². The van der Waals surface area contributed by atoms with Crippen molar-refractivity contribution >= 4 is 0 Å². The van der Waals surface area contributed by atoms with Gasteiger partial charge in [0.1, 0.15) is 0 Å². The van der Waals surface area contributed by atoms with Crippen LogP contribution >= 0.6 is 0 Å². The van der Waals surface area contributed by atoms with Crippen LogP contribution in [-0.2, 0) is 6.54 Å². The fourth-order valence-electron chi connectivity index (χ4n) is 1.22. The third-order valence-corrected chi connectivity index (χ3v) is 1.87. The molecule has 0 fully saturated rings. The third-order valence-electron chi connectivity index (χ3n) is 1.87. The Morgan fingerprint density at radius 2 is 2.38 bits per heavy atom. The molecule has 0 saturated carbocycles. The molecule has 0 radical (unpaired) electrons. The van der Waals surface area contributed by atoms with E-state index in [1.54, 1.807) is 6.20 Å². The Kier molecular flexibility index (Phi) is 4.43. The van der Waals surface area contributed by atoms with Crippen molar-refractivity contribution in [2.75, 3.05) is 20.2 Å². The first kappa shape index (κ1) is 10.2. The molecule has 3 heteroatoms. The molecule has 1 aromatic heterocycles. The molecular weight excluding hydrogens is 164 g/mol. The maximum Gasteiger partial charge on any atom is 0.0443 e. The van der Waals surface area contributed by atoms with Crippen LogP contribution < -0.4 is 0 Å². The van der Waals surface area contributed by atoms with Gasteiger partial charge in [-0.25, -0.2) is 0 Å². The van der Waals surface area contributed by atoms with Crippen molar-refractivity contribution in [3.8, 4) is 0 Å². The highest BCUT2D eigenvalue weighted by atomic mass is 16.3. The van der Waals surface area contributed by atoms with Crippen LogP contribution in [0.2, 0.25) is 0 Å². The number of pyridine rings is 1. The van der Waals surface area contributed by atoms with Gasteiger partial charge in [-0.15, -0.1) is 0 Å². The van der Waals surface area contributed by atoms with Crippen molar-refractivity contribution in [2.45, 2.75) is 13.0 Å². The molecule has 13 heavy (non-hydrogen) atoms. The summed E-state index contributed by atoms with van der Waals surface area (Å²) in [6, 6.07) is 4.00. The van der Waals surface area contributed by atoms with Gasteiger partial charge in [-0.2, -0.15) is 0 Å². The molecular formula is C10H16N2O. The highest BCUT2D eigenvalue weighted by Crippen LogP contribution is 2.00. The average molecular weight is 180 g/mol. The summed E-state index contributed by atoms with van der Waals surface area (Å²) in [7, 11) is 2.04. The largest absolute Gasteiger partial charge is 0.396 e. The fourth-order valence-corrected chi connectivity index (χ4v) is 1.22. The summed E-state index contributed by atoms with van der Waals surface area (Å²) in [6.07, 6.45) is 4.48. The Labute approximate surface area is 79.0 Å². The van der Waals surface area contributed by atoms with Crippen molar-refractivity contribution in [3.63, 3.8) is 0 Å². The summed E-state index contributed by atoms with van der Waals surface area (Å²) in [4.78, 5) is 6.22. The Hall–Kier alpha value is -0.930. The van der Waals surface area contributed by atoms with Crippen molar-refractivity contribution in [3.05, 3.63) is 30.1 Å². The molecule has 0 saturated heterocycles. The number of nitrogens with zero attached hydrogens (tertiary/aromatic N) is 2. The number of hydrogen-bond donors (Lipinski definition) is 1. The maximum atomic E-state index is 8.64. The molecule has 0 aliphatic heterocycles. The summed E-state index contributed by atoms with van der Waals surface area (Å²) >= 11 is 0.